The third-order valence-electron chi connectivity index (χ3n) is 2.95. The van der Waals surface area contributed by atoms with Gasteiger partial charge < -0.3 is 10.6 Å². The molecule has 3 nitrogen and oxygen atoms in total. The van der Waals surface area contributed by atoms with Crippen molar-refractivity contribution < 1.29 is 4.79 Å². The monoisotopic (exact) mass is 268 g/mol. The number of carbonyl (C=O) groups is 1. The molecule has 0 bridgehead atoms. The number of hydrogen-bond donors (Lipinski definition) is 2. The molecule has 0 aliphatic heterocycles. The zero-order valence-corrected chi connectivity index (χ0v) is 12.0. The normalized spacial score (nSPS) is 12.2. The lowest BCUT2D eigenvalue weighted by atomic mass is 10.1. The minimum absolute atomic E-state index is 0.0383. The molecule has 0 saturated carbocycles. The van der Waals surface area contributed by atoms with Crippen molar-refractivity contribution in [1.29, 1.82) is 0 Å². The highest BCUT2D eigenvalue weighted by atomic mass is 35.5. The molecule has 18 heavy (non-hydrogen) atoms. The van der Waals surface area contributed by atoms with Crippen LogP contribution < -0.4 is 10.6 Å². The van der Waals surface area contributed by atoms with Gasteiger partial charge in [-0.3, -0.25) is 4.79 Å². The standard InChI is InChI=1S/C14H21ClN2O/c1-4-10(2)8-16-9-14(18)17-13-7-12(15)6-5-11(13)3/h5-7,10,16H,4,8-9H2,1-3H3,(H,17,18). The molecule has 100 valence electrons. The van der Waals surface area contributed by atoms with E-state index in [2.05, 4.69) is 24.5 Å². The van der Waals surface area contributed by atoms with Crippen LogP contribution >= 0.6 is 11.6 Å². The Morgan fingerprint density at radius 2 is 2.17 bits per heavy atom. The summed E-state index contributed by atoms with van der Waals surface area (Å²) in [5, 5.41) is 6.63. The van der Waals surface area contributed by atoms with Crippen molar-refractivity contribution in [2.24, 2.45) is 5.92 Å². The number of amides is 1. The lowest BCUT2D eigenvalue weighted by molar-refractivity contribution is -0.115. The summed E-state index contributed by atoms with van der Waals surface area (Å²) >= 11 is 5.90. The average Bonchev–Trinajstić information content (AvgIpc) is 2.33. The van der Waals surface area contributed by atoms with E-state index in [9.17, 15) is 4.79 Å². The molecule has 0 aliphatic carbocycles. The van der Waals surface area contributed by atoms with Crippen LogP contribution in [0.1, 0.15) is 25.8 Å². The topological polar surface area (TPSA) is 41.1 Å². The SMILES string of the molecule is CCC(C)CNCC(=O)Nc1cc(Cl)ccc1C. The van der Waals surface area contributed by atoms with E-state index in [1.54, 1.807) is 6.07 Å². The molecule has 0 spiro atoms. The van der Waals surface area contributed by atoms with Crippen LogP contribution in [-0.4, -0.2) is 19.0 Å². The molecule has 1 aromatic rings. The molecule has 1 atom stereocenters. The Bertz CT molecular complexity index is 407. The lowest BCUT2D eigenvalue weighted by Gasteiger charge is -2.11. The van der Waals surface area contributed by atoms with E-state index in [0.717, 1.165) is 24.2 Å². The van der Waals surface area contributed by atoms with Gasteiger partial charge in [-0.25, -0.2) is 0 Å². The van der Waals surface area contributed by atoms with Gasteiger partial charge in [0.25, 0.3) is 0 Å². The quantitative estimate of drug-likeness (QED) is 0.832. The molecule has 0 aliphatic rings. The highest BCUT2D eigenvalue weighted by molar-refractivity contribution is 6.31. The zero-order chi connectivity index (χ0) is 13.5. The molecule has 0 saturated heterocycles. The Hall–Kier alpha value is -1.06. The highest BCUT2D eigenvalue weighted by Gasteiger charge is 2.06. The van der Waals surface area contributed by atoms with Crippen LogP contribution in [0.3, 0.4) is 0 Å². The lowest BCUT2D eigenvalue weighted by Crippen LogP contribution is -2.31. The van der Waals surface area contributed by atoms with Gasteiger partial charge in [-0.2, -0.15) is 0 Å². The summed E-state index contributed by atoms with van der Waals surface area (Å²) in [5.74, 6) is 0.550. The summed E-state index contributed by atoms with van der Waals surface area (Å²) in [5.41, 5.74) is 1.78. The number of anilines is 1. The molecular weight excluding hydrogens is 248 g/mol. The van der Waals surface area contributed by atoms with Gasteiger partial charge in [0.1, 0.15) is 0 Å². The van der Waals surface area contributed by atoms with Gasteiger partial charge in [0, 0.05) is 10.7 Å². The number of benzene rings is 1. The van der Waals surface area contributed by atoms with Gasteiger partial charge in [-0.05, 0) is 37.1 Å². The fourth-order valence-electron chi connectivity index (χ4n) is 1.50. The third-order valence-corrected chi connectivity index (χ3v) is 3.18. The second-order valence-corrected chi connectivity index (χ2v) is 5.09. The second kappa shape index (κ2) is 7.39. The van der Waals surface area contributed by atoms with Crippen molar-refractivity contribution in [3.63, 3.8) is 0 Å². The van der Waals surface area contributed by atoms with Gasteiger partial charge in [0.2, 0.25) is 5.91 Å². The predicted molar refractivity (Wildman–Crippen MR) is 77.1 cm³/mol. The molecule has 0 aromatic heterocycles. The number of carbonyl (C=O) groups excluding carboxylic acids is 1. The zero-order valence-electron chi connectivity index (χ0n) is 11.2. The van der Waals surface area contributed by atoms with Crippen LogP contribution in [0.5, 0.6) is 0 Å². The average molecular weight is 269 g/mol. The largest absolute Gasteiger partial charge is 0.325 e. The van der Waals surface area contributed by atoms with E-state index in [0.29, 0.717) is 17.5 Å². The fraction of sp³-hybridized carbons (Fsp3) is 0.500. The van der Waals surface area contributed by atoms with Crippen molar-refractivity contribution in [3.05, 3.63) is 28.8 Å². The van der Waals surface area contributed by atoms with Gasteiger partial charge in [-0.1, -0.05) is 37.9 Å². The first-order valence-corrected chi connectivity index (χ1v) is 6.67. The van der Waals surface area contributed by atoms with Crippen molar-refractivity contribution in [3.8, 4) is 0 Å². The molecule has 1 unspecified atom stereocenters. The minimum Gasteiger partial charge on any atom is -0.325 e. The maximum Gasteiger partial charge on any atom is 0.238 e. The van der Waals surface area contributed by atoms with Gasteiger partial charge in [0.05, 0.1) is 6.54 Å². The maximum absolute atomic E-state index is 11.7. The van der Waals surface area contributed by atoms with Crippen molar-refractivity contribution in [2.75, 3.05) is 18.4 Å². The first-order valence-electron chi connectivity index (χ1n) is 6.29. The molecule has 0 radical (unpaired) electrons. The van der Waals surface area contributed by atoms with E-state index in [1.165, 1.54) is 0 Å². The second-order valence-electron chi connectivity index (χ2n) is 4.65. The fourth-order valence-corrected chi connectivity index (χ4v) is 1.67. The van der Waals surface area contributed by atoms with Crippen molar-refractivity contribution in [2.45, 2.75) is 27.2 Å². The van der Waals surface area contributed by atoms with E-state index >= 15 is 0 Å². The van der Waals surface area contributed by atoms with Gasteiger partial charge in [0.15, 0.2) is 0 Å². The van der Waals surface area contributed by atoms with Crippen molar-refractivity contribution >= 4 is 23.2 Å². The van der Waals surface area contributed by atoms with E-state index < -0.39 is 0 Å². The van der Waals surface area contributed by atoms with E-state index in [4.69, 9.17) is 11.6 Å². The number of rotatable bonds is 6. The van der Waals surface area contributed by atoms with Crippen LogP contribution in [0, 0.1) is 12.8 Å². The molecule has 0 fully saturated rings. The molecule has 1 amide bonds. The van der Waals surface area contributed by atoms with Crippen LogP contribution in [-0.2, 0) is 4.79 Å². The Morgan fingerprint density at radius 3 is 2.83 bits per heavy atom. The molecule has 0 heterocycles. The molecule has 4 heteroatoms. The predicted octanol–water partition coefficient (Wildman–Crippen LogP) is 3.22. The summed E-state index contributed by atoms with van der Waals surface area (Å²) in [6.45, 7) is 7.43. The van der Waals surface area contributed by atoms with Gasteiger partial charge in [-0.15, -0.1) is 0 Å². The first kappa shape index (κ1) is 15.0. The Morgan fingerprint density at radius 1 is 1.44 bits per heavy atom. The summed E-state index contributed by atoms with van der Waals surface area (Å²) in [6.07, 6.45) is 1.11. The summed E-state index contributed by atoms with van der Waals surface area (Å²) in [7, 11) is 0. The Balaban J connectivity index is 2.42. The number of nitrogens with one attached hydrogen (secondary N) is 2. The Kier molecular flexibility index (Phi) is 6.16. The first-order chi connectivity index (χ1) is 8.52. The van der Waals surface area contributed by atoms with E-state index in [1.807, 2.05) is 19.1 Å². The highest BCUT2D eigenvalue weighted by Crippen LogP contribution is 2.19. The molecular formula is C14H21ClN2O. The summed E-state index contributed by atoms with van der Waals surface area (Å²) in [6, 6.07) is 5.47. The Labute approximate surface area is 114 Å². The minimum atomic E-state index is -0.0383. The number of hydrogen-bond acceptors (Lipinski definition) is 2. The van der Waals surface area contributed by atoms with E-state index in [-0.39, 0.29) is 5.91 Å². The molecule has 1 rings (SSSR count). The van der Waals surface area contributed by atoms with Crippen LogP contribution in [0.15, 0.2) is 18.2 Å². The maximum atomic E-state index is 11.7. The number of aryl methyl sites for hydroxylation is 1. The smallest absolute Gasteiger partial charge is 0.238 e. The molecule has 1 aromatic carbocycles. The van der Waals surface area contributed by atoms with Crippen LogP contribution in [0.4, 0.5) is 5.69 Å². The van der Waals surface area contributed by atoms with Crippen molar-refractivity contribution in [1.82, 2.24) is 5.32 Å². The number of halogens is 1. The van der Waals surface area contributed by atoms with Crippen LogP contribution in [0.2, 0.25) is 5.02 Å². The van der Waals surface area contributed by atoms with Crippen LogP contribution in [0.25, 0.3) is 0 Å². The van der Waals surface area contributed by atoms with Gasteiger partial charge >= 0.3 is 0 Å². The summed E-state index contributed by atoms with van der Waals surface area (Å²) in [4.78, 5) is 11.7. The summed E-state index contributed by atoms with van der Waals surface area (Å²) < 4.78 is 0. The molecule has 2 N–H and O–H groups in total. The third kappa shape index (κ3) is 5.07.